The van der Waals surface area contributed by atoms with Gasteiger partial charge < -0.3 is 9.64 Å². The molecule has 0 saturated carbocycles. The molecule has 7 heteroatoms. The van der Waals surface area contributed by atoms with Crippen LogP contribution in [0.5, 0.6) is 0 Å². The average Bonchev–Trinajstić information content (AvgIpc) is 3.20. The summed E-state index contributed by atoms with van der Waals surface area (Å²) < 4.78 is 7.28. The number of ether oxygens (including phenoxy) is 1. The number of thioether (sulfide) groups is 1. The van der Waals surface area contributed by atoms with Crippen LogP contribution >= 0.6 is 11.8 Å². The van der Waals surface area contributed by atoms with E-state index in [1.165, 1.54) is 4.91 Å². The minimum atomic E-state index is -0.0117. The first kappa shape index (κ1) is 21.3. The third-order valence-corrected chi connectivity index (χ3v) is 6.03. The van der Waals surface area contributed by atoms with E-state index >= 15 is 0 Å². The van der Waals surface area contributed by atoms with E-state index in [-0.39, 0.29) is 5.91 Å². The minimum absolute atomic E-state index is 0.0117. The molecule has 2 aromatic rings. The van der Waals surface area contributed by atoms with E-state index in [0.717, 1.165) is 28.3 Å². The predicted molar refractivity (Wildman–Crippen MR) is 118 cm³/mol. The largest absolute Gasteiger partial charge is 0.378 e. The lowest BCUT2D eigenvalue weighted by Gasteiger charge is -2.26. The maximum absolute atomic E-state index is 13.2. The number of rotatable bonds is 2. The number of morpholine rings is 1. The second-order valence-electron chi connectivity index (χ2n) is 6.34. The molecule has 1 saturated heterocycles. The molecule has 4 heterocycles. The van der Waals surface area contributed by atoms with Crippen LogP contribution in [0.1, 0.15) is 49.4 Å². The Morgan fingerprint density at radius 2 is 1.83 bits per heavy atom. The lowest BCUT2D eigenvalue weighted by Crippen LogP contribution is -2.41. The normalized spacial score (nSPS) is 19.0. The SMILES string of the molecule is C/C=C1\C(=C/C)SCc2c(C(=O)N3CCOCC3)nn(-c3ccncc3)c21.CC. The Balaban J connectivity index is 0.00000117. The van der Waals surface area contributed by atoms with Gasteiger partial charge in [-0.3, -0.25) is 9.78 Å². The second-order valence-corrected chi connectivity index (χ2v) is 7.36. The molecule has 154 valence electrons. The van der Waals surface area contributed by atoms with Crippen LogP contribution in [-0.4, -0.2) is 51.9 Å². The fourth-order valence-electron chi connectivity index (χ4n) is 3.49. The van der Waals surface area contributed by atoms with Gasteiger partial charge in [0.25, 0.3) is 5.91 Å². The van der Waals surface area contributed by atoms with E-state index in [9.17, 15) is 4.79 Å². The van der Waals surface area contributed by atoms with E-state index < -0.39 is 0 Å². The second kappa shape index (κ2) is 9.89. The molecule has 2 aliphatic rings. The zero-order valence-corrected chi connectivity index (χ0v) is 18.3. The topological polar surface area (TPSA) is 60.3 Å². The molecule has 0 N–H and O–H groups in total. The van der Waals surface area contributed by atoms with Crippen molar-refractivity contribution in [3.05, 3.63) is 58.5 Å². The average molecular weight is 413 g/mol. The van der Waals surface area contributed by atoms with Crippen molar-refractivity contribution >= 4 is 23.2 Å². The van der Waals surface area contributed by atoms with Gasteiger partial charge in [0.15, 0.2) is 5.69 Å². The number of hydrogen-bond acceptors (Lipinski definition) is 5. The lowest BCUT2D eigenvalue weighted by atomic mass is 10.0. The Bertz CT molecular complexity index is 912. The van der Waals surface area contributed by atoms with Crippen LogP contribution in [0.4, 0.5) is 0 Å². The highest BCUT2D eigenvalue weighted by molar-refractivity contribution is 8.03. The first-order valence-corrected chi connectivity index (χ1v) is 11.1. The highest BCUT2D eigenvalue weighted by Crippen LogP contribution is 2.43. The van der Waals surface area contributed by atoms with Gasteiger partial charge in [0.2, 0.25) is 0 Å². The summed E-state index contributed by atoms with van der Waals surface area (Å²) in [6.45, 7) is 10.5. The number of hydrogen-bond donors (Lipinski definition) is 0. The molecule has 2 aliphatic heterocycles. The van der Waals surface area contributed by atoms with Gasteiger partial charge in [-0.25, -0.2) is 4.68 Å². The lowest BCUT2D eigenvalue weighted by molar-refractivity contribution is 0.0298. The molecule has 4 rings (SSSR count). The van der Waals surface area contributed by atoms with Crippen molar-refractivity contribution in [1.82, 2.24) is 19.7 Å². The Morgan fingerprint density at radius 1 is 1.14 bits per heavy atom. The summed E-state index contributed by atoms with van der Waals surface area (Å²) in [6.07, 6.45) is 7.71. The number of carbonyl (C=O) groups is 1. The van der Waals surface area contributed by atoms with Gasteiger partial charge in [0, 0.05) is 47.3 Å². The first-order chi connectivity index (χ1) is 14.2. The number of fused-ring (bicyclic) bond motifs is 1. The van der Waals surface area contributed by atoms with Crippen molar-refractivity contribution in [2.24, 2.45) is 0 Å². The van der Waals surface area contributed by atoms with E-state index in [2.05, 4.69) is 17.1 Å². The summed E-state index contributed by atoms with van der Waals surface area (Å²) >= 11 is 1.76. The summed E-state index contributed by atoms with van der Waals surface area (Å²) in [5, 5.41) is 4.78. The Labute approximate surface area is 176 Å². The molecular formula is C22H28N4O2S. The Hall–Kier alpha value is -2.38. The first-order valence-electron chi connectivity index (χ1n) is 10.1. The smallest absolute Gasteiger partial charge is 0.274 e. The van der Waals surface area contributed by atoms with Crippen LogP contribution in [0.15, 0.2) is 41.6 Å². The summed E-state index contributed by atoms with van der Waals surface area (Å²) in [5.74, 6) is 0.727. The van der Waals surface area contributed by atoms with Gasteiger partial charge in [0.05, 0.1) is 24.6 Å². The van der Waals surface area contributed by atoms with Crippen molar-refractivity contribution in [2.45, 2.75) is 33.4 Å². The number of nitrogens with zero attached hydrogens (tertiary/aromatic N) is 4. The molecule has 0 unspecified atom stereocenters. The summed E-state index contributed by atoms with van der Waals surface area (Å²) in [5.41, 5.74) is 4.59. The molecule has 0 bridgehead atoms. The van der Waals surface area contributed by atoms with E-state index in [1.54, 1.807) is 24.2 Å². The molecule has 1 fully saturated rings. The van der Waals surface area contributed by atoms with Crippen LogP contribution in [0, 0.1) is 0 Å². The standard InChI is InChI=1S/C20H22N4O2S.C2H6/c1-3-15-17(4-2)27-13-16-18(20(25)23-9-11-26-12-10-23)22-24(19(15)16)14-5-7-21-8-6-14;1-2/h3-8H,9-13H2,1-2H3;1-2H3/b15-3+,17-4+;. The molecule has 29 heavy (non-hydrogen) atoms. The van der Waals surface area contributed by atoms with Crippen molar-refractivity contribution in [1.29, 1.82) is 0 Å². The third-order valence-electron chi connectivity index (χ3n) is 4.84. The highest BCUT2D eigenvalue weighted by atomic mass is 32.2. The van der Waals surface area contributed by atoms with E-state index in [0.29, 0.717) is 32.0 Å². The van der Waals surface area contributed by atoms with Crippen molar-refractivity contribution in [3.63, 3.8) is 0 Å². The summed E-state index contributed by atoms with van der Waals surface area (Å²) in [6, 6.07) is 3.83. The van der Waals surface area contributed by atoms with Crippen molar-refractivity contribution in [2.75, 3.05) is 26.3 Å². The van der Waals surface area contributed by atoms with Crippen LogP contribution in [0.25, 0.3) is 11.3 Å². The molecule has 0 radical (unpaired) electrons. The zero-order chi connectivity index (χ0) is 20.8. The van der Waals surface area contributed by atoms with Gasteiger partial charge in [-0.2, -0.15) is 5.10 Å². The quantitative estimate of drug-likeness (QED) is 0.735. The monoisotopic (exact) mass is 412 g/mol. The van der Waals surface area contributed by atoms with Gasteiger partial charge in [-0.1, -0.05) is 26.0 Å². The third kappa shape index (κ3) is 4.16. The maximum atomic E-state index is 13.2. The fraction of sp³-hybridized carbons (Fsp3) is 0.409. The highest BCUT2D eigenvalue weighted by Gasteiger charge is 2.32. The molecule has 0 aromatic carbocycles. The molecule has 0 spiro atoms. The number of aromatic nitrogens is 3. The van der Waals surface area contributed by atoms with Gasteiger partial charge in [-0.05, 0) is 26.0 Å². The van der Waals surface area contributed by atoms with E-state index in [1.807, 2.05) is 49.4 Å². The Kier molecular flexibility index (Phi) is 7.28. The van der Waals surface area contributed by atoms with Gasteiger partial charge in [-0.15, -0.1) is 11.8 Å². The van der Waals surface area contributed by atoms with Crippen LogP contribution in [0.2, 0.25) is 0 Å². The van der Waals surface area contributed by atoms with Crippen LogP contribution < -0.4 is 0 Å². The van der Waals surface area contributed by atoms with E-state index in [4.69, 9.17) is 9.84 Å². The minimum Gasteiger partial charge on any atom is -0.378 e. The molecule has 1 amide bonds. The zero-order valence-electron chi connectivity index (χ0n) is 17.5. The van der Waals surface area contributed by atoms with Gasteiger partial charge >= 0.3 is 0 Å². The summed E-state index contributed by atoms with van der Waals surface area (Å²) in [4.78, 5) is 20.4. The number of carbonyl (C=O) groups excluding carboxylic acids is 1. The molecule has 2 aromatic heterocycles. The van der Waals surface area contributed by atoms with Crippen molar-refractivity contribution < 1.29 is 9.53 Å². The number of pyridine rings is 1. The van der Waals surface area contributed by atoms with Crippen LogP contribution in [-0.2, 0) is 10.5 Å². The molecule has 0 atom stereocenters. The molecule has 6 nitrogen and oxygen atoms in total. The van der Waals surface area contributed by atoms with Gasteiger partial charge in [0.1, 0.15) is 0 Å². The molecule has 0 aliphatic carbocycles. The molecular weight excluding hydrogens is 384 g/mol. The van der Waals surface area contributed by atoms with Crippen molar-refractivity contribution in [3.8, 4) is 5.69 Å². The van der Waals surface area contributed by atoms with Crippen LogP contribution in [0.3, 0.4) is 0 Å². The number of allylic oxidation sites excluding steroid dienone is 3. The fourth-order valence-corrected chi connectivity index (χ4v) is 4.60. The summed E-state index contributed by atoms with van der Waals surface area (Å²) in [7, 11) is 0. The maximum Gasteiger partial charge on any atom is 0.274 e. The number of amides is 1. The Morgan fingerprint density at radius 3 is 2.45 bits per heavy atom. The predicted octanol–water partition coefficient (Wildman–Crippen LogP) is 4.32.